The molecule has 7 heteroatoms. The summed E-state index contributed by atoms with van der Waals surface area (Å²) in [4.78, 5) is 41.5. The van der Waals surface area contributed by atoms with E-state index in [1.807, 2.05) is 35.0 Å². The molecule has 4 rings (SSSR count). The lowest BCUT2D eigenvalue weighted by Gasteiger charge is -2.08. The molecule has 1 aliphatic rings. The Kier molecular flexibility index (Phi) is 4.49. The molecule has 0 unspecified atom stereocenters. The van der Waals surface area contributed by atoms with E-state index in [0.717, 1.165) is 22.6 Å². The first-order valence-electron chi connectivity index (χ1n) is 8.81. The molecular weight excluding hydrogens is 356 g/mol. The molecule has 1 aromatic heterocycles. The summed E-state index contributed by atoms with van der Waals surface area (Å²) in [5.74, 6) is -1.02. The molecule has 3 amide bonds. The number of carbonyl (C=O) groups is 3. The lowest BCUT2D eigenvalue weighted by molar-refractivity contribution is 0.0693. The molecule has 28 heavy (non-hydrogen) atoms. The molecule has 0 fully saturated rings. The first-order valence-corrected chi connectivity index (χ1v) is 8.81. The monoisotopic (exact) mass is 374 g/mol. The maximum atomic E-state index is 12.4. The molecule has 0 bridgehead atoms. The van der Waals surface area contributed by atoms with Crippen molar-refractivity contribution in [1.29, 1.82) is 0 Å². The van der Waals surface area contributed by atoms with E-state index < -0.39 is 0 Å². The van der Waals surface area contributed by atoms with E-state index in [4.69, 9.17) is 0 Å². The van der Waals surface area contributed by atoms with Crippen LogP contribution in [0.3, 0.4) is 0 Å². The predicted octanol–water partition coefficient (Wildman–Crippen LogP) is 2.09. The van der Waals surface area contributed by atoms with Crippen molar-refractivity contribution in [2.75, 3.05) is 7.05 Å². The maximum Gasteiger partial charge on any atom is 0.261 e. The van der Waals surface area contributed by atoms with Crippen molar-refractivity contribution in [1.82, 2.24) is 19.8 Å². The minimum absolute atomic E-state index is 0.268. The Hall–Kier alpha value is -3.74. The minimum Gasteiger partial charge on any atom is -0.348 e. The van der Waals surface area contributed by atoms with Crippen LogP contribution in [0, 0.1) is 0 Å². The lowest BCUT2D eigenvalue weighted by atomic mass is 10.1. The Morgan fingerprint density at radius 3 is 2.43 bits per heavy atom. The number of aromatic nitrogens is 2. The van der Waals surface area contributed by atoms with Crippen molar-refractivity contribution in [3.63, 3.8) is 0 Å². The van der Waals surface area contributed by atoms with E-state index in [9.17, 15) is 14.4 Å². The molecule has 0 spiro atoms. The van der Waals surface area contributed by atoms with Gasteiger partial charge in [-0.25, -0.2) is 4.98 Å². The van der Waals surface area contributed by atoms with Crippen molar-refractivity contribution in [3.05, 3.63) is 89.0 Å². The fraction of sp³-hybridized carbons (Fsp3) is 0.143. The van der Waals surface area contributed by atoms with Gasteiger partial charge >= 0.3 is 0 Å². The Morgan fingerprint density at radius 2 is 1.71 bits per heavy atom. The number of imide groups is 1. The standard InChI is InChI=1S/C21H18N4O3/c1-24-20(27)17-7-6-16(10-18(17)21(24)28)19(26)23-11-14-2-4-15(5-3-14)12-25-9-8-22-13-25/h2-10,13H,11-12H2,1H3,(H,23,26). The quantitative estimate of drug-likeness (QED) is 0.693. The summed E-state index contributed by atoms with van der Waals surface area (Å²) in [5, 5.41) is 2.84. The van der Waals surface area contributed by atoms with Gasteiger partial charge in [0.25, 0.3) is 17.7 Å². The molecule has 0 saturated heterocycles. The van der Waals surface area contributed by atoms with Gasteiger partial charge in [0.15, 0.2) is 0 Å². The van der Waals surface area contributed by atoms with E-state index >= 15 is 0 Å². The van der Waals surface area contributed by atoms with Gasteiger partial charge in [0.2, 0.25) is 0 Å². The molecule has 1 N–H and O–H groups in total. The lowest BCUT2D eigenvalue weighted by Crippen LogP contribution is -2.24. The summed E-state index contributed by atoms with van der Waals surface area (Å²) < 4.78 is 1.98. The Bertz CT molecular complexity index is 1060. The molecule has 0 saturated carbocycles. The average molecular weight is 374 g/mol. The smallest absolute Gasteiger partial charge is 0.261 e. The fourth-order valence-corrected chi connectivity index (χ4v) is 3.14. The van der Waals surface area contributed by atoms with Crippen LogP contribution in [0.15, 0.2) is 61.2 Å². The number of carbonyl (C=O) groups excluding carboxylic acids is 3. The average Bonchev–Trinajstić information content (AvgIpc) is 3.30. The van der Waals surface area contributed by atoms with E-state index in [2.05, 4.69) is 10.3 Å². The first kappa shape index (κ1) is 17.7. The highest BCUT2D eigenvalue weighted by Gasteiger charge is 2.33. The summed E-state index contributed by atoms with van der Waals surface area (Å²) in [5.41, 5.74) is 3.06. The van der Waals surface area contributed by atoms with Crippen LogP contribution in [0.1, 0.15) is 42.2 Å². The molecule has 2 heterocycles. The van der Waals surface area contributed by atoms with Crippen LogP contribution < -0.4 is 5.32 Å². The van der Waals surface area contributed by atoms with E-state index in [-0.39, 0.29) is 23.3 Å². The van der Waals surface area contributed by atoms with Gasteiger partial charge in [-0.15, -0.1) is 0 Å². The number of benzene rings is 2. The molecule has 0 aliphatic carbocycles. The van der Waals surface area contributed by atoms with E-state index in [1.165, 1.54) is 19.2 Å². The normalized spacial score (nSPS) is 13.0. The van der Waals surface area contributed by atoms with Crippen LogP contribution in [0.5, 0.6) is 0 Å². The molecule has 3 aromatic rings. The van der Waals surface area contributed by atoms with Gasteiger partial charge in [-0.05, 0) is 29.3 Å². The summed E-state index contributed by atoms with van der Waals surface area (Å²) in [6.07, 6.45) is 5.41. The van der Waals surface area contributed by atoms with Crippen molar-refractivity contribution in [3.8, 4) is 0 Å². The highest BCUT2D eigenvalue weighted by Crippen LogP contribution is 2.22. The topological polar surface area (TPSA) is 84.3 Å². The van der Waals surface area contributed by atoms with Crippen LogP contribution in [0.25, 0.3) is 0 Å². The first-order chi connectivity index (χ1) is 13.5. The van der Waals surface area contributed by atoms with Crippen molar-refractivity contribution >= 4 is 17.7 Å². The van der Waals surface area contributed by atoms with Crippen molar-refractivity contribution in [2.24, 2.45) is 0 Å². The number of fused-ring (bicyclic) bond motifs is 1. The second kappa shape index (κ2) is 7.11. The van der Waals surface area contributed by atoms with Gasteiger partial charge in [-0.3, -0.25) is 19.3 Å². The van der Waals surface area contributed by atoms with Crippen LogP contribution in [0.2, 0.25) is 0 Å². The highest BCUT2D eigenvalue weighted by atomic mass is 16.2. The number of rotatable bonds is 5. The predicted molar refractivity (Wildman–Crippen MR) is 102 cm³/mol. The number of amides is 3. The second-order valence-electron chi connectivity index (χ2n) is 6.66. The molecule has 7 nitrogen and oxygen atoms in total. The Morgan fingerprint density at radius 1 is 1.00 bits per heavy atom. The summed E-state index contributed by atoms with van der Waals surface area (Å²) >= 11 is 0. The van der Waals surface area contributed by atoms with E-state index in [0.29, 0.717) is 17.7 Å². The number of nitrogens with zero attached hydrogens (tertiary/aromatic N) is 3. The number of nitrogens with one attached hydrogen (secondary N) is 1. The zero-order chi connectivity index (χ0) is 19.7. The van der Waals surface area contributed by atoms with Crippen molar-refractivity contribution < 1.29 is 14.4 Å². The molecular formula is C21H18N4O3. The minimum atomic E-state index is -0.386. The largest absolute Gasteiger partial charge is 0.348 e. The zero-order valence-electron chi connectivity index (χ0n) is 15.3. The third-order valence-corrected chi connectivity index (χ3v) is 4.75. The van der Waals surface area contributed by atoms with Crippen molar-refractivity contribution in [2.45, 2.75) is 13.1 Å². The Balaban J connectivity index is 1.40. The van der Waals surface area contributed by atoms with E-state index in [1.54, 1.807) is 18.6 Å². The molecule has 1 aliphatic heterocycles. The molecule has 2 aromatic carbocycles. The molecule has 0 radical (unpaired) electrons. The van der Waals surface area contributed by atoms with Crippen LogP contribution in [-0.4, -0.2) is 39.2 Å². The number of imidazole rings is 1. The fourth-order valence-electron chi connectivity index (χ4n) is 3.14. The Labute approximate surface area is 161 Å². The van der Waals surface area contributed by atoms with Gasteiger partial charge < -0.3 is 9.88 Å². The maximum absolute atomic E-state index is 12.4. The molecule has 140 valence electrons. The third-order valence-electron chi connectivity index (χ3n) is 4.75. The summed E-state index contributed by atoms with van der Waals surface area (Å²) in [6, 6.07) is 12.5. The van der Waals surface area contributed by atoms with Crippen LogP contribution in [0.4, 0.5) is 0 Å². The SMILES string of the molecule is CN1C(=O)c2ccc(C(=O)NCc3ccc(Cn4ccnc4)cc3)cc2C1=O. The van der Waals surface area contributed by atoms with Gasteiger partial charge in [0, 0.05) is 38.1 Å². The molecule has 0 atom stereocenters. The van der Waals surface area contributed by atoms with Crippen LogP contribution in [-0.2, 0) is 13.1 Å². The third kappa shape index (κ3) is 3.29. The zero-order valence-corrected chi connectivity index (χ0v) is 15.3. The second-order valence-corrected chi connectivity index (χ2v) is 6.66. The number of hydrogen-bond donors (Lipinski definition) is 1. The summed E-state index contributed by atoms with van der Waals surface area (Å²) in [6.45, 7) is 1.11. The number of hydrogen-bond acceptors (Lipinski definition) is 4. The highest BCUT2D eigenvalue weighted by molar-refractivity contribution is 6.21. The van der Waals surface area contributed by atoms with Gasteiger partial charge in [0.05, 0.1) is 17.5 Å². The van der Waals surface area contributed by atoms with Gasteiger partial charge in [0.1, 0.15) is 0 Å². The van der Waals surface area contributed by atoms with Gasteiger partial charge in [-0.1, -0.05) is 24.3 Å². The summed E-state index contributed by atoms with van der Waals surface area (Å²) in [7, 11) is 1.43. The van der Waals surface area contributed by atoms with Gasteiger partial charge in [-0.2, -0.15) is 0 Å². The van der Waals surface area contributed by atoms with Crippen LogP contribution >= 0.6 is 0 Å².